The van der Waals surface area contributed by atoms with E-state index in [1.165, 1.54) is 17.4 Å². The molecule has 0 aliphatic heterocycles. The number of aliphatic hydroxyl groups excluding tert-OH is 1. The van der Waals surface area contributed by atoms with Crippen LogP contribution in [0.3, 0.4) is 0 Å². The van der Waals surface area contributed by atoms with E-state index in [0.717, 1.165) is 10.7 Å². The number of fused-ring (bicyclic) bond motifs is 1. The summed E-state index contributed by atoms with van der Waals surface area (Å²) in [5.74, 6) is -0.373. The molecule has 1 N–H and O–H groups in total. The van der Waals surface area contributed by atoms with Crippen LogP contribution in [0.25, 0.3) is 4.96 Å². The largest absolute Gasteiger partial charge is 0.388 e. The number of hydrogen-bond acceptors (Lipinski definition) is 3. The third-order valence-electron chi connectivity index (χ3n) is 2.87. The van der Waals surface area contributed by atoms with Crippen LogP contribution < -0.4 is 0 Å². The van der Waals surface area contributed by atoms with Crippen LogP contribution >= 0.6 is 27.3 Å². The van der Waals surface area contributed by atoms with Crippen LogP contribution in [0.1, 0.15) is 17.4 Å². The molecule has 0 saturated heterocycles. The standard InChI is InChI=1S/C13H10BrFN2OS/c14-10-2-1-8(5-11(10)15)12(18)6-9-7-17-3-4-19-13(17)16-9/h1-5,7,12,18H,6H2. The van der Waals surface area contributed by atoms with Gasteiger partial charge in [0, 0.05) is 24.2 Å². The fourth-order valence-electron chi connectivity index (χ4n) is 1.91. The monoisotopic (exact) mass is 340 g/mol. The highest BCUT2D eigenvalue weighted by atomic mass is 79.9. The summed E-state index contributed by atoms with van der Waals surface area (Å²) in [5.41, 5.74) is 1.35. The van der Waals surface area contributed by atoms with Crippen LogP contribution in [-0.2, 0) is 6.42 Å². The first-order valence-corrected chi connectivity index (χ1v) is 7.35. The molecule has 2 heterocycles. The molecule has 3 aromatic rings. The third kappa shape index (κ3) is 2.56. The van der Waals surface area contributed by atoms with Crippen molar-refractivity contribution in [2.75, 3.05) is 0 Å². The van der Waals surface area contributed by atoms with Crippen LogP contribution in [0.5, 0.6) is 0 Å². The van der Waals surface area contributed by atoms with E-state index < -0.39 is 6.10 Å². The van der Waals surface area contributed by atoms with Gasteiger partial charge in [-0.1, -0.05) is 6.07 Å². The average molecular weight is 341 g/mol. The normalized spacial score (nSPS) is 13.0. The lowest BCUT2D eigenvalue weighted by molar-refractivity contribution is 0.177. The van der Waals surface area contributed by atoms with Crippen molar-refractivity contribution in [2.24, 2.45) is 0 Å². The van der Waals surface area contributed by atoms with Crippen molar-refractivity contribution in [2.45, 2.75) is 12.5 Å². The van der Waals surface area contributed by atoms with Gasteiger partial charge in [-0.2, -0.15) is 0 Å². The maximum Gasteiger partial charge on any atom is 0.193 e. The SMILES string of the molecule is OC(Cc1cn2ccsc2n1)c1ccc(Br)c(F)c1. The zero-order valence-electron chi connectivity index (χ0n) is 9.75. The number of thiazole rings is 1. The number of aromatic nitrogens is 2. The molecule has 1 aromatic carbocycles. The Kier molecular flexibility index (Phi) is 3.38. The molecule has 0 spiro atoms. The van der Waals surface area contributed by atoms with Gasteiger partial charge in [-0.3, -0.25) is 4.40 Å². The molecular formula is C13H10BrFN2OS. The number of rotatable bonds is 3. The van der Waals surface area contributed by atoms with Crippen molar-refractivity contribution < 1.29 is 9.50 Å². The molecule has 3 rings (SSSR count). The summed E-state index contributed by atoms with van der Waals surface area (Å²) in [6.45, 7) is 0. The smallest absolute Gasteiger partial charge is 0.193 e. The molecular weight excluding hydrogens is 331 g/mol. The number of hydrogen-bond donors (Lipinski definition) is 1. The van der Waals surface area contributed by atoms with Crippen molar-refractivity contribution in [1.29, 1.82) is 0 Å². The van der Waals surface area contributed by atoms with Crippen LogP contribution in [0.2, 0.25) is 0 Å². The molecule has 0 fully saturated rings. The van der Waals surface area contributed by atoms with Crippen LogP contribution in [0, 0.1) is 5.82 Å². The van der Waals surface area contributed by atoms with Gasteiger partial charge in [-0.15, -0.1) is 11.3 Å². The molecule has 6 heteroatoms. The molecule has 3 nitrogen and oxygen atoms in total. The Morgan fingerprint density at radius 2 is 2.32 bits per heavy atom. The quantitative estimate of drug-likeness (QED) is 0.791. The molecule has 0 saturated carbocycles. The lowest BCUT2D eigenvalue weighted by atomic mass is 10.1. The molecule has 1 unspecified atom stereocenters. The van der Waals surface area contributed by atoms with Crippen molar-refractivity contribution >= 4 is 32.2 Å². The third-order valence-corrected chi connectivity index (χ3v) is 4.29. The summed E-state index contributed by atoms with van der Waals surface area (Å²) in [6, 6.07) is 4.64. The fourth-order valence-corrected chi connectivity index (χ4v) is 2.88. The van der Waals surface area contributed by atoms with E-state index in [-0.39, 0.29) is 5.82 Å². The van der Waals surface area contributed by atoms with E-state index in [1.54, 1.807) is 12.1 Å². The molecule has 19 heavy (non-hydrogen) atoms. The fraction of sp³-hybridized carbons (Fsp3) is 0.154. The van der Waals surface area contributed by atoms with Gasteiger partial charge in [0.1, 0.15) is 5.82 Å². The summed E-state index contributed by atoms with van der Waals surface area (Å²) < 4.78 is 15.7. The van der Waals surface area contributed by atoms with Crippen LogP contribution in [-0.4, -0.2) is 14.5 Å². The molecule has 1 atom stereocenters. The van der Waals surface area contributed by atoms with Gasteiger partial charge in [-0.25, -0.2) is 9.37 Å². The second-order valence-electron chi connectivity index (χ2n) is 4.22. The molecule has 0 aliphatic carbocycles. The van der Waals surface area contributed by atoms with Gasteiger partial charge < -0.3 is 5.11 Å². The van der Waals surface area contributed by atoms with Crippen molar-refractivity contribution in [3.05, 3.63) is 57.5 Å². The second-order valence-corrected chi connectivity index (χ2v) is 5.95. The first kappa shape index (κ1) is 12.8. The highest BCUT2D eigenvalue weighted by Crippen LogP contribution is 2.23. The Bertz CT molecular complexity index is 696. The lowest BCUT2D eigenvalue weighted by Gasteiger charge is -2.09. The zero-order chi connectivity index (χ0) is 13.4. The molecule has 0 aliphatic rings. The molecule has 98 valence electrons. The van der Waals surface area contributed by atoms with Gasteiger partial charge in [-0.05, 0) is 33.6 Å². The van der Waals surface area contributed by atoms with Gasteiger partial charge in [0.25, 0.3) is 0 Å². The van der Waals surface area contributed by atoms with Crippen LogP contribution in [0.4, 0.5) is 4.39 Å². The van der Waals surface area contributed by atoms with E-state index >= 15 is 0 Å². The van der Waals surface area contributed by atoms with Crippen molar-refractivity contribution in [3.63, 3.8) is 0 Å². The van der Waals surface area contributed by atoms with Gasteiger partial charge in [0.05, 0.1) is 16.3 Å². The maximum absolute atomic E-state index is 13.4. The van der Waals surface area contributed by atoms with E-state index in [0.29, 0.717) is 16.5 Å². The Balaban J connectivity index is 1.82. The summed E-state index contributed by atoms with van der Waals surface area (Å²) in [7, 11) is 0. The summed E-state index contributed by atoms with van der Waals surface area (Å²) in [5, 5.41) is 12.1. The number of nitrogens with zero attached hydrogens (tertiary/aromatic N) is 2. The predicted molar refractivity (Wildman–Crippen MR) is 75.8 cm³/mol. The van der Waals surface area contributed by atoms with E-state index in [1.807, 2.05) is 22.2 Å². The Labute approximate surface area is 121 Å². The van der Waals surface area contributed by atoms with E-state index in [4.69, 9.17) is 0 Å². The predicted octanol–water partition coefficient (Wildman–Crippen LogP) is 3.57. The summed E-state index contributed by atoms with van der Waals surface area (Å²) in [6.07, 6.45) is 3.41. The molecule has 0 amide bonds. The molecule has 0 bridgehead atoms. The first-order valence-electron chi connectivity index (χ1n) is 5.67. The average Bonchev–Trinajstić information content (AvgIpc) is 2.93. The van der Waals surface area contributed by atoms with Gasteiger partial charge in [0.2, 0.25) is 0 Å². The lowest BCUT2D eigenvalue weighted by Crippen LogP contribution is -2.02. The number of aliphatic hydroxyl groups is 1. The molecule has 2 aromatic heterocycles. The van der Waals surface area contributed by atoms with Crippen molar-refractivity contribution in [3.8, 4) is 0 Å². The van der Waals surface area contributed by atoms with Gasteiger partial charge in [0.15, 0.2) is 4.96 Å². The molecule has 0 radical (unpaired) electrons. The zero-order valence-corrected chi connectivity index (χ0v) is 12.2. The Hall–Kier alpha value is -1.24. The first-order chi connectivity index (χ1) is 9.13. The number of benzene rings is 1. The number of imidazole rings is 1. The Morgan fingerprint density at radius 3 is 3.05 bits per heavy atom. The highest BCUT2D eigenvalue weighted by Gasteiger charge is 2.13. The summed E-state index contributed by atoms with van der Waals surface area (Å²) in [4.78, 5) is 5.29. The van der Waals surface area contributed by atoms with Crippen molar-refractivity contribution in [1.82, 2.24) is 9.38 Å². The summed E-state index contributed by atoms with van der Waals surface area (Å²) >= 11 is 4.63. The minimum Gasteiger partial charge on any atom is -0.388 e. The Morgan fingerprint density at radius 1 is 1.47 bits per heavy atom. The van der Waals surface area contributed by atoms with E-state index in [2.05, 4.69) is 20.9 Å². The second kappa shape index (κ2) is 5.03. The highest BCUT2D eigenvalue weighted by molar-refractivity contribution is 9.10. The maximum atomic E-state index is 13.4. The minimum absolute atomic E-state index is 0.371. The topological polar surface area (TPSA) is 37.5 Å². The minimum atomic E-state index is -0.757. The van der Waals surface area contributed by atoms with Crippen LogP contribution in [0.15, 0.2) is 40.4 Å². The number of halogens is 2. The van der Waals surface area contributed by atoms with E-state index in [9.17, 15) is 9.50 Å². The van der Waals surface area contributed by atoms with Gasteiger partial charge >= 0.3 is 0 Å².